The quantitative estimate of drug-likeness (QED) is 0.386. The number of thiazole rings is 1. The summed E-state index contributed by atoms with van der Waals surface area (Å²) in [5, 5.41) is 0.745. The molecule has 0 N–H and O–H groups in total. The molecule has 0 fully saturated rings. The van der Waals surface area contributed by atoms with Crippen molar-refractivity contribution in [3.05, 3.63) is 105 Å². The number of rotatable bonds is 3. The van der Waals surface area contributed by atoms with Crippen LogP contribution in [0, 0.1) is 6.57 Å². The van der Waals surface area contributed by atoms with E-state index in [0.717, 1.165) is 45.2 Å². The first kappa shape index (κ1) is 20.9. The predicted octanol–water partition coefficient (Wildman–Crippen LogP) is 7.16. The molecular weight excluding hydrogens is 438 g/mol. The van der Waals surface area contributed by atoms with E-state index < -0.39 is 0 Å². The van der Waals surface area contributed by atoms with E-state index in [1.165, 1.54) is 48.3 Å². The zero-order chi connectivity index (χ0) is 23.1. The standard InChI is InChI=1S/C29H25N3OS/c1-19-15-23(27(30-2)29-31-25-9-3-4-10-26(25)34-29)18-24(33-19)12-11-20-16-21-7-5-13-32-14-6-8-22(17-20)28(21)32/h3-4,9-12,15-18H,5-8,13-14H2,1H3/b12-11+,27-23+. The van der Waals surface area contributed by atoms with Crippen LogP contribution in [-0.2, 0) is 17.6 Å². The summed E-state index contributed by atoms with van der Waals surface area (Å²) in [5.41, 5.74) is 7.99. The van der Waals surface area contributed by atoms with E-state index in [4.69, 9.17) is 16.3 Å². The SMILES string of the molecule is [C-]#[N+]/C(=C1\C=C(C)OC(/C=C/c2cc3c4c(c2)CCCN4CCC3)=C1)c1nc2ccccc2s1. The minimum absolute atomic E-state index is 0.563. The van der Waals surface area contributed by atoms with Crippen LogP contribution < -0.4 is 4.90 Å². The van der Waals surface area contributed by atoms with Gasteiger partial charge in [-0.15, -0.1) is 11.3 Å². The highest BCUT2D eigenvalue weighted by Crippen LogP contribution is 2.37. The summed E-state index contributed by atoms with van der Waals surface area (Å²) in [4.78, 5) is 11.1. The molecule has 0 bridgehead atoms. The lowest BCUT2D eigenvalue weighted by Gasteiger charge is -2.37. The van der Waals surface area contributed by atoms with Gasteiger partial charge in [-0.1, -0.05) is 18.2 Å². The van der Waals surface area contributed by atoms with Crippen LogP contribution in [0.4, 0.5) is 5.69 Å². The Morgan fingerprint density at radius 1 is 1.09 bits per heavy atom. The molecule has 3 aromatic rings. The van der Waals surface area contributed by atoms with Gasteiger partial charge in [0.1, 0.15) is 16.5 Å². The number of aryl methyl sites for hydroxylation is 2. The van der Waals surface area contributed by atoms with Gasteiger partial charge in [0.25, 0.3) is 0 Å². The van der Waals surface area contributed by atoms with Gasteiger partial charge in [0, 0.05) is 18.8 Å². The second-order valence-corrected chi connectivity index (χ2v) is 10.1. The third-order valence-corrected chi connectivity index (χ3v) is 7.65. The average molecular weight is 464 g/mol. The summed E-state index contributed by atoms with van der Waals surface area (Å²) in [5.74, 6) is 1.51. The number of fused-ring (bicyclic) bond motifs is 1. The van der Waals surface area contributed by atoms with E-state index in [1.54, 1.807) is 11.3 Å². The summed E-state index contributed by atoms with van der Waals surface area (Å²) < 4.78 is 7.09. The van der Waals surface area contributed by atoms with Gasteiger partial charge in [0.2, 0.25) is 5.70 Å². The Hall–Kier alpha value is -3.62. The lowest BCUT2D eigenvalue weighted by atomic mass is 9.90. The van der Waals surface area contributed by atoms with Crippen molar-refractivity contribution in [2.45, 2.75) is 32.6 Å². The van der Waals surface area contributed by atoms with Crippen LogP contribution in [0.1, 0.15) is 41.5 Å². The molecule has 5 heteroatoms. The fourth-order valence-electron chi connectivity index (χ4n) is 5.19. The molecule has 4 heterocycles. The minimum Gasteiger partial charge on any atom is -0.462 e. The Morgan fingerprint density at radius 2 is 1.85 bits per heavy atom. The van der Waals surface area contributed by atoms with Gasteiger partial charge in [0.15, 0.2) is 0 Å². The third kappa shape index (κ3) is 3.85. The van der Waals surface area contributed by atoms with Gasteiger partial charge in [-0.3, -0.25) is 0 Å². The van der Waals surface area contributed by atoms with E-state index >= 15 is 0 Å². The fraction of sp³-hybridized carbons (Fsp3) is 0.241. The molecule has 1 aromatic heterocycles. The first-order valence-electron chi connectivity index (χ1n) is 11.8. The largest absolute Gasteiger partial charge is 0.462 e. The molecular formula is C29H25N3OS. The third-order valence-electron chi connectivity index (χ3n) is 6.61. The summed E-state index contributed by atoms with van der Waals surface area (Å²) >= 11 is 1.56. The van der Waals surface area contributed by atoms with Crippen LogP contribution in [-0.4, -0.2) is 18.1 Å². The van der Waals surface area contributed by atoms with E-state index in [0.29, 0.717) is 5.70 Å². The summed E-state index contributed by atoms with van der Waals surface area (Å²) in [6.07, 6.45) is 12.8. The number of ether oxygens (including phenoxy) is 1. The molecule has 0 unspecified atom stereocenters. The van der Waals surface area contributed by atoms with Crippen molar-refractivity contribution in [1.29, 1.82) is 0 Å². The number of anilines is 1. The van der Waals surface area contributed by atoms with Crippen LogP contribution in [0.3, 0.4) is 0 Å². The van der Waals surface area contributed by atoms with Crippen molar-refractivity contribution in [3.63, 3.8) is 0 Å². The highest BCUT2D eigenvalue weighted by molar-refractivity contribution is 7.19. The zero-order valence-corrected chi connectivity index (χ0v) is 20.0. The second kappa shape index (κ2) is 8.62. The Bertz CT molecular complexity index is 1400. The molecule has 0 saturated heterocycles. The Kier molecular flexibility index (Phi) is 5.31. The lowest BCUT2D eigenvalue weighted by molar-refractivity contribution is 0.318. The van der Waals surface area contributed by atoms with Gasteiger partial charge in [-0.25, -0.2) is 9.83 Å². The van der Waals surface area contributed by atoms with E-state index in [9.17, 15) is 0 Å². The van der Waals surface area contributed by atoms with Gasteiger partial charge in [0.05, 0.1) is 16.8 Å². The molecule has 3 aliphatic rings. The molecule has 0 atom stereocenters. The van der Waals surface area contributed by atoms with E-state index in [-0.39, 0.29) is 0 Å². The van der Waals surface area contributed by atoms with Crippen molar-refractivity contribution in [3.8, 4) is 0 Å². The number of nitrogens with zero attached hydrogens (tertiary/aromatic N) is 3. The first-order chi connectivity index (χ1) is 16.7. The lowest BCUT2D eigenvalue weighted by Crippen LogP contribution is -2.34. The number of hydrogen-bond donors (Lipinski definition) is 0. The highest BCUT2D eigenvalue weighted by Gasteiger charge is 2.24. The van der Waals surface area contributed by atoms with Crippen molar-refractivity contribution < 1.29 is 4.74 Å². The Labute approximate surface area is 204 Å². The van der Waals surface area contributed by atoms with Crippen LogP contribution in [0.25, 0.3) is 26.8 Å². The monoisotopic (exact) mass is 463 g/mol. The van der Waals surface area contributed by atoms with Crippen molar-refractivity contribution in [1.82, 2.24) is 4.98 Å². The molecule has 3 aliphatic heterocycles. The average Bonchev–Trinajstić information content (AvgIpc) is 3.27. The van der Waals surface area contributed by atoms with Crippen LogP contribution in [0.2, 0.25) is 0 Å². The zero-order valence-electron chi connectivity index (χ0n) is 19.2. The topological polar surface area (TPSA) is 29.7 Å². The molecule has 6 rings (SSSR count). The van der Waals surface area contributed by atoms with Crippen LogP contribution in [0.5, 0.6) is 0 Å². The molecule has 0 radical (unpaired) electrons. The van der Waals surface area contributed by atoms with Crippen LogP contribution >= 0.6 is 11.3 Å². The van der Waals surface area contributed by atoms with Gasteiger partial charge < -0.3 is 9.64 Å². The normalized spacial score (nSPS) is 18.8. The number of hydrogen-bond acceptors (Lipinski definition) is 4. The molecule has 2 aromatic carbocycles. The molecule has 4 nitrogen and oxygen atoms in total. The molecule has 168 valence electrons. The van der Waals surface area contributed by atoms with Crippen molar-refractivity contribution >= 4 is 39.0 Å². The number of benzene rings is 2. The van der Waals surface area contributed by atoms with Gasteiger partial charge in [-0.05, 0) is 97.4 Å². The first-order valence-corrected chi connectivity index (χ1v) is 12.6. The van der Waals surface area contributed by atoms with Crippen molar-refractivity contribution in [2.24, 2.45) is 0 Å². The number of allylic oxidation sites excluding steroid dienone is 5. The van der Waals surface area contributed by atoms with Crippen LogP contribution in [0.15, 0.2) is 71.7 Å². The summed E-state index contributed by atoms with van der Waals surface area (Å²) in [7, 11) is 0. The Morgan fingerprint density at radius 3 is 2.59 bits per heavy atom. The minimum atomic E-state index is 0.563. The molecule has 34 heavy (non-hydrogen) atoms. The van der Waals surface area contributed by atoms with Gasteiger partial charge >= 0.3 is 0 Å². The maximum absolute atomic E-state index is 7.84. The highest BCUT2D eigenvalue weighted by atomic mass is 32.1. The molecule has 0 spiro atoms. The molecule has 0 saturated carbocycles. The smallest absolute Gasteiger partial charge is 0.229 e. The Balaban J connectivity index is 1.35. The van der Waals surface area contributed by atoms with Gasteiger partial charge in [-0.2, -0.15) is 0 Å². The van der Waals surface area contributed by atoms with Crippen molar-refractivity contribution in [2.75, 3.05) is 18.0 Å². The maximum atomic E-state index is 7.84. The van der Waals surface area contributed by atoms with E-state index in [2.05, 4.69) is 28.0 Å². The maximum Gasteiger partial charge on any atom is 0.229 e. The summed E-state index contributed by atoms with van der Waals surface area (Å²) in [6.45, 7) is 12.2. The molecule has 0 amide bonds. The fourth-order valence-corrected chi connectivity index (χ4v) is 6.17. The molecule has 0 aliphatic carbocycles. The predicted molar refractivity (Wildman–Crippen MR) is 140 cm³/mol. The number of para-hydroxylation sites is 1. The second-order valence-electron chi connectivity index (χ2n) is 9.02. The van der Waals surface area contributed by atoms with E-state index in [1.807, 2.05) is 49.4 Å². The number of aromatic nitrogens is 1. The summed E-state index contributed by atoms with van der Waals surface area (Å²) in [6, 6.07) is 12.7.